The summed E-state index contributed by atoms with van der Waals surface area (Å²) in [5, 5.41) is 15.7. The van der Waals surface area contributed by atoms with Gasteiger partial charge in [-0.3, -0.25) is 4.79 Å². The van der Waals surface area contributed by atoms with E-state index in [-0.39, 0.29) is 5.91 Å². The highest BCUT2D eigenvalue weighted by Gasteiger charge is 2.22. The highest BCUT2D eigenvalue weighted by molar-refractivity contribution is 7.99. The Morgan fingerprint density at radius 1 is 1.30 bits per heavy atom. The van der Waals surface area contributed by atoms with Gasteiger partial charge in [-0.2, -0.15) is 0 Å². The largest absolute Gasteiger partial charge is 0.372 e. The zero-order valence-electron chi connectivity index (χ0n) is 15.9. The molecule has 1 aliphatic carbocycles. The predicted molar refractivity (Wildman–Crippen MR) is 108 cm³/mol. The number of hydrogen-bond acceptors (Lipinski definition) is 6. The van der Waals surface area contributed by atoms with E-state index in [1.54, 1.807) is 0 Å². The minimum absolute atomic E-state index is 0.0312. The second-order valence-corrected chi connectivity index (χ2v) is 7.69. The lowest BCUT2D eigenvalue weighted by Crippen LogP contribution is -2.30. The van der Waals surface area contributed by atoms with Gasteiger partial charge in [-0.15, -0.1) is 5.10 Å². The van der Waals surface area contributed by atoms with Crippen LogP contribution in [0.5, 0.6) is 0 Å². The quantitative estimate of drug-likeness (QED) is 0.498. The van der Waals surface area contributed by atoms with E-state index in [0.29, 0.717) is 18.3 Å². The monoisotopic (exact) mass is 388 g/mol. The van der Waals surface area contributed by atoms with Gasteiger partial charge in [0.15, 0.2) is 0 Å². The standard InChI is InChI=1S/C19H28N6OS/c1-2-24(16-9-4-3-5-10-16)14-8-13-20-18(26)15-27-19-21-22-23-25(19)17-11-6-7-12-17/h3-5,9-10,17H,2,6-8,11-15H2,1H3,(H,20,26). The lowest BCUT2D eigenvalue weighted by Gasteiger charge is -2.23. The molecule has 8 heteroatoms. The number of carbonyl (C=O) groups excluding carboxylic acids is 1. The molecule has 2 aromatic rings. The van der Waals surface area contributed by atoms with Crippen LogP contribution in [0.1, 0.15) is 45.1 Å². The Hall–Kier alpha value is -2.09. The molecule has 1 aliphatic rings. The highest BCUT2D eigenvalue weighted by Crippen LogP contribution is 2.31. The first kappa shape index (κ1) is 19.7. The number of rotatable bonds is 10. The molecule has 0 aliphatic heterocycles. The summed E-state index contributed by atoms with van der Waals surface area (Å²) >= 11 is 1.42. The second-order valence-electron chi connectivity index (χ2n) is 6.75. The molecule has 1 N–H and O–H groups in total. The van der Waals surface area contributed by atoms with E-state index in [0.717, 1.165) is 37.5 Å². The zero-order chi connectivity index (χ0) is 18.9. The first-order valence-corrected chi connectivity index (χ1v) is 10.7. The lowest BCUT2D eigenvalue weighted by atomic mass is 10.2. The van der Waals surface area contributed by atoms with E-state index >= 15 is 0 Å². The number of amides is 1. The zero-order valence-corrected chi connectivity index (χ0v) is 16.7. The van der Waals surface area contributed by atoms with Crippen LogP contribution in [0.2, 0.25) is 0 Å². The van der Waals surface area contributed by atoms with Crippen LogP contribution in [0.25, 0.3) is 0 Å². The molecule has 7 nitrogen and oxygen atoms in total. The van der Waals surface area contributed by atoms with Gasteiger partial charge in [-0.05, 0) is 48.7 Å². The lowest BCUT2D eigenvalue weighted by molar-refractivity contribution is -0.118. The summed E-state index contributed by atoms with van der Waals surface area (Å²) in [5.74, 6) is 0.382. The summed E-state index contributed by atoms with van der Waals surface area (Å²) in [7, 11) is 0. The number of thioether (sulfide) groups is 1. The molecule has 0 unspecified atom stereocenters. The van der Waals surface area contributed by atoms with Crippen LogP contribution in [0.15, 0.2) is 35.5 Å². The Morgan fingerprint density at radius 2 is 2.07 bits per heavy atom. The molecule has 1 heterocycles. The molecule has 0 atom stereocenters. The van der Waals surface area contributed by atoms with E-state index in [4.69, 9.17) is 0 Å². The SMILES string of the molecule is CCN(CCCNC(=O)CSc1nnnn1C1CCCC1)c1ccccc1. The highest BCUT2D eigenvalue weighted by atomic mass is 32.2. The number of tetrazole rings is 1. The van der Waals surface area contributed by atoms with Crippen molar-refractivity contribution in [3.8, 4) is 0 Å². The van der Waals surface area contributed by atoms with Crippen LogP contribution in [0.4, 0.5) is 5.69 Å². The Morgan fingerprint density at radius 3 is 2.81 bits per heavy atom. The van der Waals surface area contributed by atoms with E-state index in [2.05, 4.69) is 56.9 Å². The molecule has 0 spiro atoms. The summed E-state index contributed by atoms with van der Waals surface area (Å²) in [6.45, 7) is 4.71. The smallest absolute Gasteiger partial charge is 0.230 e. The fourth-order valence-corrected chi connectivity index (χ4v) is 4.22. The van der Waals surface area contributed by atoms with Crippen molar-refractivity contribution in [3.05, 3.63) is 30.3 Å². The Kier molecular flexibility index (Phi) is 7.50. The van der Waals surface area contributed by atoms with Crippen LogP contribution in [0.3, 0.4) is 0 Å². The summed E-state index contributed by atoms with van der Waals surface area (Å²) < 4.78 is 1.89. The third-order valence-electron chi connectivity index (χ3n) is 4.90. The molecule has 27 heavy (non-hydrogen) atoms. The van der Waals surface area contributed by atoms with Gasteiger partial charge in [0.2, 0.25) is 11.1 Å². The van der Waals surface area contributed by atoms with Gasteiger partial charge in [-0.1, -0.05) is 42.8 Å². The average Bonchev–Trinajstić information content (AvgIpc) is 3.38. The summed E-state index contributed by atoms with van der Waals surface area (Å²) in [6.07, 6.45) is 5.62. The van der Waals surface area contributed by atoms with Crippen LogP contribution in [0, 0.1) is 0 Å². The van der Waals surface area contributed by atoms with Crippen molar-refractivity contribution in [2.75, 3.05) is 30.3 Å². The molecular weight excluding hydrogens is 360 g/mol. The molecule has 1 fully saturated rings. The Labute approximate surface area is 164 Å². The molecule has 0 saturated heterocycles. The Balaban J connectivity index is 1.36. The maximum Gasteiger partial charge on any atom is 0.230 e. The van der Waals surface area contributed by atoms with Crippen molar-refractivity contribution in [2.45, 2.75) is 50.2 Å². The van der Waals surface area contributed by atoms with E-state index < -0.39 is 0 Å². The third-order valence-corrected chi connectivity index (χ3v) is 5.83. The minimum Gasteiger partial charge on any atom is -0.372 e. The van der Waals surface area contributed by atoms with Gasteiger partial charge in [0.1, 0.15) is 0 Å². The molecule has 0 bridgehead atoms. The maximum atomic E-state index is 12.1. The minimum atomic E-state index is 0.0312. The van der Waals surface area contributed by atoms with E-state index in [1.165, 1.54) is 30.3 Å². The number of para-hydroxylation sites is 1. The van der Waals surface area contributed by atoms with Crippen LogP contribution >= 0.6 is 11.8 Å². The van der Waals surface area contributed by atoms with Crippen LogP contribution in [-0.4, -0.2) is 51.5 Å². The van der Waals surface area contributed by atoms with Gasteiger partial charge >= 0.3 is 0 Å². The fourth-order valence-electron chi connectivity index (χ4n) is 3.45. The van der Waals surface area contributed by atoms with Crippen LogP contribution in [-0.2, 0) is 4.79 Å². The van der Waals surface area contributed by atoms with E-state index in [1.807, 2.05) is 10.7 Å². The van der Waals surface area contributed by atoms with Crippen molar-refractivity contribution in [1.82, 2.24) is 25.5 Å². The topological polar surface area (TPSA) is 75.9 Å². The number of carbonyl (C=O) groups is 1. The van der Waals surface area contributed by atoms with Crippen molar-refractivity contribution in [1.29, 1.82) is 0 Å². The molecule has 0 radical (unpaired) electrons. The number of benzene rings is 1. The van der Waals surface area contributed by atoms with Gasteiger partial charge in [0, 0.05) is 25.3 Å². The molecule has 1 amide bonds. The first-order valence-electron chi connectivity index (χ1n) is 9.75. The summed E-state index contributed by atoms with van der Waals surface area (Å²) in [4.78, 5) is 14.4. The second kappa shape index (κ2) is 10.3. The van der Waals surface area contributed by atoms with Crippen molar-refractivity contribution in [3.63, 3.8) is 0 Å². The van der Waals surface area contributed by atoms with Crippen LogP contribution < -0.4 is 10.2 Å². The van der Waals surface area contributed by atoms with Gasteiger partial charge < -0.3 is 10.2 Å². The molecule has 146 valence electrons. The normalized spacial score (nSPS) is 14.4. The first-order chi connectivity index (χ1) is 13.3. The number of anilines is 1. The van der Waals surface area contributed by atoms with Crippen molar-refractivity contribution >= 4 is 23.4 Å². The Bertz CT molecular complexity index is 701. The summed E-state index contributed by atoms with van der Waals surface area (Å²) in [6, 6.07) is 10.8. The van der Waals surface area contributed by atoms with Crippen molar-refractivity contribution in [2.24, 2.45) is 0 Å². The number of hydrogen-bond donors (Lipinski definition) is 1. The molecule has 1 aromatic carbocycles. The summed E-state index contributed by atoms with van der Waals surface area (Å²) in [5.41, 5.74) is 1.22. The number of nitrogens with zero attached hydrogens (tertiary/aromatic N) is 5. The number of nitrogens with one attached hydrogen (secondary N) is 1. The van der Waals surface area contributed by atoms with Gasteiger partial charge in [0.05, 0.1) is 11.8 Å². The molecular formula is C19H28N6OS. The average molecular weight is 389 g/mol. The van der Waals surface area contributed by atoms with Gasteiger partial charge in [0.25, 0.3) is 0 Å². The number of aromatic nitrogens is 4. The molecule has 1 saturated carbocycles. The van der Waals surface area contributed by atoms with Gasteiger partial charge in [-0.25, -0.2) is 4.68 Å². The predicted octanol–water partition coefficient (Wildman–Crippen LogP) is 2.91. The fraction of sp³-hybridized carbons (Fsp3) is 0.579. The van der Waals surface area contributed by atoms with E-state index in [9.17, 15) is 4.79 Å². The maximum absolute atomic E-state index is 12.1. The third kappa shape index (κ3) is 5.69. The molecule has 1 aromatic heterocycles. The molecule has 3 rings (SSSR count). The van der Waals surface area contributed by atoms with Crippen molar-refractivity contribution < 1.29 is 4.79 Å².